The fraction of sp³-hybridized carbons (Fsp3) is 0.231. The number of hydrogen-bond donors (Lipinski definition) is 2. The molecule has 0 heterocycles. The first-order chi connectivity index (χ1) is 8.66. The summed E-state index contributed by atoms with van der Waals surface area (Å²) in [7, 11) is 0. The molecule has 2 N–H and O–H groups in total. The molecule has 0 radical (unpaired) electrons. The van der Waals surface area contributed by atoms with Crippen LogP contribution in [0, 0.1) is 0 Å². The molecule has 0 saturated carbocycles. The Morgan fingerprint density at radius 1 is 1.33 bits per heavy atom. The number of hydrogen-bond acceptors (Lipinski definition) is 3. The number of thioether (sulfide) groups is 1. The van der Waals surface area contributed by atoms with Gasteiger partial charge in [0.15, 0.2) is 0 Å². The summed E-state index contributed by atoms with van der Waals surface area (Å²) < 4.78 is 0. The summed E-state index contributed by atoms with van der Waals surface area (Å²) in [4.78, 5) is 22.7. The fourth-order valence-electron chi connectivity index (χ4n) is 1.37. The number of carboxylic acid groups (broad SMARTS) is 1. The number of carbonyl (C=O) groups is 2. The lowest BCUT2D eigenvalue weighted by molar-refractivity contribution is 0.0691. The van der Waals surface area contributed by atoms with Crippen molar-refractivity contribution in [3.63, 3.8) is 0 Å². The lowest BCUT2D eigenvalue weighted by atomic mass is 10.1. The first-order valence-corrected chi connectivity index (χ1v) is 6.61. The van der Waals surface area contributed by atoms with Crippen molar-refractivity contribution in [3.8, 4) is 0 Å². The zero-order valence-electron chi connectivity index (χ0n) is 9.89. The second-order valence-electron chi connectivity index (χ2n) is 3.47. The van der Waals surface area contributed by atoms with Gasteiger partial charge in [0.25, 0.3) is 5.91 Å². The number of amides is 1. The molecule has 1 amide bonds. The van der Waals surface area contributed by atoms with Crippen LogP contribution >= 0.6 is 11.8 Å². The molecule has 0 fully saturated rings. The molecule has 0 aromatic heterocycles. The number of rotatable bonds is 7. The Bertz CT molecular complexity index is 446. The van der Waals surface area contributed by atoms with Crippen LogP contribution in [0.1, 0.15) is 20.7 Å². The average molecular weight is 265 g/mol. The van der Waals surface area contributed by atoms with Gasteiger partial charge in [-0.05, 0) is 12.1 Å². The molecule has 96 valence electrons. The molecule has 0 aliphatic rings. The van der Waals surface area contributed by atoms with Crippen molar-refractivity contribution >= 4 is 23.6 Å². The molecule has 0 aliphatic carbocycles. The Labute approximate surface area is 110 Å². The Kier molecular flexibility index (Phi) is 6.00. The molecule has 1 aromatic carbocycles. The van der Waals surface area contributed by atoms with Crippen molar-refractivity contribution in [2.75, 3.05) is 18.1 Å². The minimum atomic E-state index is -1.10. The fourth-order valence-corrected chi connectivity index (χ4v) is 1.95. The maximum atomic E-state index is 11.8. The summed E-state index contributed by atoms with van der Waals surface area (Å²) in [5.41, 5.74) is 0.215. The summed E-state index contributed by atoms with van der Waals surface area (Å²) in [6.45, 7) is 4.10. The minimum Gasteiger partial charge on any atom is -0.478 e. The molecule has 5 heteroatoms. The highest BCUT2D eigenvalue weighted by atomic mass is 32.2. The van der Waals surface area contributed by atoms with E-state index >= 15 is 0 Å². The zero-order valence-corrected chi connectivity index (χ0v) is 10.7. The molecule has 1 aromatic rings. The third-order valence-electron chi connectivity index (χ3n) is 2.17. The van der Waals surface area contributed by atoms with Crippen molar-refractivity contribution in [3.05, 3.63) is 48.0 Å². The number of benzene rings is 1. The Morgan fingerprint density at radius 3 is 2.61 bits per heavy atom. The second-order valence-corrected chi connectivity index (χ2v) is 4.62. The third-order valence-corrected chi connectivity index (χ3v) is 3.13. The molecule has 0 aliphatic heterocycles. The molecule has 0 unspecified atom stereocenters. The van der Waals surface area contributed by atoms with Crippen LogP contribution in [0.5, 0.6) is 0 Å². The smallest absolute Gasteiger partial charge is 0.336 e. The molecule has 4 nitrogen and oxygen atoms in total. The van der Waals surface area contributed by atoms with Crippen LogP contribution in [0.2, 0.25) is 0 Å². The molecule has 0 bridgehead atoms. The third kappa shape index (κ3) is 4.25. The van der Waals surface area contributed by atoms with Crippen LogP contribution < -0.4 is 5.32 Å². The van der Waals surface area contributed by atoms with Gasteiger partial charge >= 0.3 is 5.97 Å². The lowest BCUT2D eigenvalue weighted by Gasteiger charge is -2.07. The first-order valence-electron chi connectivity index (χ1n) is 5.46. The molecule has 18 heavy (non-hydrogen) atoms. The summed E-state index contributed by atoms with van der Waals surface area (Å²) in [5.74, 6) is 0.156. The molecule has 0 atom stereocenters. The van der Waals surface area contributed by atoms with Crippen LogP contribution in [0.15, 0.2) is 36.9 Å². The highest BCUT2D eigenvalue weighted by Crippen LogP contribution is 2.08. The van der Waals surface area contributed by atoms with Gasteiger partial charge in [0, 0.05) is 18.1 Å². The van der Waals surface area contributed by atoms with Gasteiger partial charge in [-0.1, -0.05) is 18.2 Å². The van der Waals surface area contributed by atoms with E-state index < -0.39 is 5.97 Å². The summed E-state index contributed by atoms with van der Waals surface area (Å²) in [5, 5.41) is 11.7. The SMILES string of the molecule is C=CCSCCNC(=O)c1ccccc1C(=O)O. The largest absolute Gasteiger partial charge is 0.478 e. The normalized spacial score (nSPS) is 9.78. The van der Waals surface area contributed by atoms with E-state index in [1.807, 2.05) is 0 Å². The monoisotopic (exact) mass is 265 g/mol. The van der Waals surface area contributed by atoms with Crippen molar-refractivity contribution in [2.45, 2.75) is 0 Å². The van der Waals surface area contributed by atoms with Crippen LogP contribution in [0.3, 0.4) is 0 Å². The predicted molar refractivity (Wildman–Crippen MR) is 73.3 cm³/mol. The van der Waals surface area contributed by atoms with Crippen LogP contribution in [-0.4, -0.2) is 35.0 Å². The first kappa shape index (κ1) is 14.3. The molecule has 0 spiro atoms. The number of nitrogens with one attached hydrogen (secondary N) is 1. The van der Waals surface area contributed by atoms with Gasteiger partial charge in [-0.15, -0.1) is 6.58 Å². The van der Waals surface area contributed by atoms with E-state index in [4.69, 9.17) is 5.11 Å². The van der Waals surface area contributed by atoms with Gasteiger partial charge < -0.3 is 10.4 Å². The molecule has 0 saturated heterocycles. The molecular weight excluding hydrogens is 250 g/mol. The maximum Gasteiger partial charge on any atom is 0.336 e. The standard InChI is InChI=1S/C13H15NO3S/c1-2-8-18-9-7-14-12(15)10-5-3-4-6-11(10)13(16)17/h2-6H,1,7-9H2,(H,14,15)(H,16,17). The van der Waals surface area contributed by atoms with Crippen molar-refractivity contribution in [1.29, 1.82) is 0 Å². The average Bonchev–Trinajstić information content (AvgIpc) is 2.38. The van der Waals surface area contributed by atoms with E-state index in [-0.39, 0.29) is 17.0 Å². The van der Waals surface area contributed by atoms with E-state index in [1.165, 1.54) is 12.1 Å². The Balaban J connectivity index is 2.56. The van der Waals surface area contributed by atoms with E-state index in [0.29, 0.717) is 6.54 Å². The highest BCUT2D eigenvalue weighted by Gasteiger charge is 2.14. The summed E-state index contributed by atoms with van der Waals surface area (Å²) >= 11 is 1.65. The molecule has 1 rings (SSSR count). The topological polar surface area (TPSA) is 66.4 Å². The minimum absolute atomic E-state index is 0.0220. The second kappa shape index (κ2) is 7.55. The van der Waals surface area contributed by atoms with Gasteiger partial charge in [-0.25, -0.2) is 4.79 Å². The highest BCUT2D eigenvalue weighted by molar-refractivity contribution is 7.99. The van der Waals surface area contributed by atoms with Crippen LogP contribution in [0.4, 0.5) is 0 Å². The number of aromatic carboxylic acids is 1. The van der Waals surface area contributed by atoms with Gasteiger partial charge in [-0.2, -0.15) is 11.8 Å². The zero-order chi connectivity index (χ0) is 13.4. The van der Waals surface area contributed by atoms with Crippen molar-refractivity contribution in [2.24, 2.45) is 0 Å². The predicted octanol–water partition coefficient (Wildman–Crippen LogP) is 2.03. The van der Waals surface area contributed by atoms with Crippen LogP contribution in [-0.2, 0) is 0 Å². The van der Waals surface area contributed by atoms with E-state index in [9.17, 15) is 9.59 Å². The Hall–Kier alpha value is -1.75. The van der Waals surface area contributed by atoms with Crippen LogP contribution in [0.25, 0.3) is 0 Å². The quantitative estimate of drug-likeness (QED) is 0.585. The summed E-state index contributed by atoms with van der Waals surface area (Å²) in [6, 6.07) is 6.17. The number of carboxylic acids is 1. The maximum absolute atomic E-state index is 11.8. The van der Waals surface area contributed by atoms with Gasteiger partial charge in [-0.3, -0.25) is 4.79 Å². The Morgan fingerprint density at radius 2 is 2.00 bits per heavy atom. The van der Waals surface area contributed by atoms with E-state index in [0.717, 1.165) is 11.5 Å². The lowest BCUT2D eigenvalue weighted by Crippen LogP contribution is -2.27. The number of carbonyl (C=O) groups excluding carboxylic acids is 1. The molecular formula is C13H15NO3S. The van der Waals surface area contributed by atoms with Crippen molar-refractivity contribution in [1.82, 2.24) is 5.32 Å². The van der Waals surface area contributed by atoms with E-state index in [2.05, 4.69) is 11.9 Å². The van der Waals surface area contributed by atoms with E-state index in [1.54, 1.807) is 30.0 Å². The van der Waals surface area contributed by atoms with Gasteiger partial charge in [0.2, 0.25) is 0 Å². The van der Waals surface area contributed by atoms with Crippen molar-refractivity contribution < 1.29 is 14.7 Å². The van der Waals surface area contributed by atoms with Gasteiger partial charge in [0.1, 0.15) is 0 Å². The van der Waals surface area contributed by atoms with Gasteiger partial charge in [0.05, 0.1) is 11.1 Å². The summed E-state index contributed by atoms with van der Waals surface area (Å²) in [6.07, 6.45) is 1.80.